The minimum Gasteiger partial charge on any atom is -0.497 e. The minimum absolute atomic E-state index is 0.106. The molecule has 0 radical (unpaired) electrons. The van der Waals surface area contributed by atoms with E-state index >= 15 is 0 Å². The molecule has 36 heavy (non-hydrogen) atoms. The zero-order valence-corrected chi connectivity index (χ0v) is 21.1. The number of ether oxygens (including phenoxy) is 1. The number of methoxy groups -OCH3 is 1. The second-order valence-corrected chi connectivity index (χ2v) is 10.1. The summed E-state index contributed by atoms with van der Waals surface area (Å²) in [6.07, 6.45) is 6.66. The summed E-state index contributed by atoms with van der Waals surface area (Å²) in [6.45, 7) is 2.53. The van der Waals surface area contributed by atoms with Gasteiger partial charge in [-0.1, -0.05) is 56.0 Å². The largest absolute Gasteiger partial charge is 0.497 e. The van der Waals surface area contributed by atoms with Crippen LogP contribution >= 0.6 is 0 Å². The molecule has 1 N–H and O–H groups in total. The Morgan fingerprint density at radius 3 is 2.42 bits per heavy atom. The summed E-state index contributed by atoms with van der Waals surface area (Å²) in [5.41, 5.74) is 2.02. The van der Waals surface area contributed by atoms with Crippen molar-refractivity contribution in [2.24, 2.45) is 0 Å². The number of rotatable bonds is 6. The fourth-order valence-electron chi connectivity index (χ4n) is 5.32. The predicted octanol–water partition coefficient (Wildman–Crippen LogP) is 4.81. The molecule has 0 saturated heterocycles. The molecule has 1 aromatic heterocycles. The van der Waals surface area contributed by atoms with Crippen LogP contribution < -0.4 is 10.1 Å². The Labute approximate surface area is 212 Å². The SMILES string of the molecule is COc1ccc(-c2cc3n(n2)CC(C)(C(=O)NC2CCCCCC2)N(Cc2ccccc2)C3=O)cc1. The summed E-state index contributed by atoms with van der Waals surface area (Å²) in [5, 5.41) is 8.06. The van der Waals surface area contributed by atoms with Crippen molar-refractivity contribution in [3.05, 3.63) is 71.9 Å². The lowest BCUT2D eigenvalue weighted by molar-refractivity contribution is -0.134. The first-order chi connectivity index (χ1) is 17.5. The first-order valence-electron chi connectivity index (χ1n) is 12.9. The Balaban J connectivity index is 1.48. The maximum atomic E-state index is 13.9. The van der Waals surface area contributed by atoms with Crippen LogP contribution in [0.15, 0.2) is 60.7 Å². The quantitative estimate of drug-likeness (QED) is 0.507. The molecule has 1 atom stereocenters. The number of carbonyl (C=O) groups is 2. The topological polar surface area (TPSA) is 76.5 Å². The number of amides is 2. The summed E-state index contributed by atoms with van der Waals surface area (Å²) >= 11 is 0. The van der Waals surface area contributed by atoms with E-state index < -0.39 is 5.54 Å². The smallest absolute Gasteiger partial charge is 0.273 e. The number of nitrogens with one attached hydrogen (secondary N) is 1. The highest BCUT2D eigenvalue weighted by atomic mass is 16.5. The number of fused-ring (bicyclic) bond motifs is 1. The molecule has 1 fully saturated rings. The first-order valence-corrected chi connectivity index (χ1v) is 12.9. The Morgan fingerprint density at radius 1 is 1.06 bits per heavy atom. The first kappa shape index (κ1) is 24.1. The second-order valence-electron chi connectivity index (χ2n) is 10.1. The van der Waals surface area contributed by atoms with Gasteiger partial charge in [0.2, 0.25) is 5.91 Å². The highest BCUT2D eigenvalue weighted by molar-refractivity contribution is 6.00. The third-order valence-corrected chi connectivity index (χ3v) is 7.55. The van der Waals surface area contributed by atoms with Crippen LogP contribution in [0.5, 0.6) is 5.75 Å². The lowest BCUT2D eigenvalue weighted by Crippen LogP contribution is -2.64. The maximum Gasteiger partial charge on any atom is 0.273 e. The van der Waals surface area contributed by atoms with Gasteiger partial charge in [-0.15, -0.1) is 0 Å². The number of nitrogens with zero attached hydrogens (tertiary/aromatic N) is 3. The highest BCUT2D eigenvalue weighted by Gasteiger charge is 2.48. The van der Waals surface area contributed by atoms with Crippen LogP contribution in [-0.4, -0.2) is 45.2 Å². The van der Waals surface area contributed by atoms with E-state index in [-0.39, 0.29) is 17.9 Å². The van der Waals surface area contributed by atoms with E-state index in [1.165, 1.54) is 12.8 Å². The van der Waals surface area contributed by atoms with E-state index in [4.69, 9.17) is 9.84 Å². The average molecular weight is 487 g/mol. The van der Waals surface area contributed by atoms with E-state index in [0.717, 1.165) is 42.6 Å². The summed E-state index contributed by atoms with van der Waals surface area (Å²) in [6, 6.07) is 19.4. The van der Waals surface area contributed by atoms with Gasteiger partial charge in [0, 0.05) is 18.2 Å². The Kier molecular flexibility index (Phi) is 6.81. The molecule has 188 valence electrons. The molecule has 0 bridgehead atoms. The van der Waals surface area contributed by atoms with Gasteiger partial charge < -0.3 is 15.0 Å². The van der Waals surface area contributed by atoms with Crippen LogP contribution in [0.1, 0.15) is 61.5 Å². The third kappa shape index (κ3) is 4.74. The Bertz CT molecular complexity index is 1210. The van der Waals surface area contributed by atoms with E-state index in [1.54, 1.807) is 16.7 Å². The van der Waals surface area contributed by atoms with Crippen molar-refractivity contribution < 1.29 is 14.3 Å². The lowest BCUT2D eigenvalue weighted by atomic mass is 9.93. The van der Waals surface area contributed by atoms with Crippen molar-refractivity contribution in [1.82, 2.24) is 20.0 Å². The van der Waals surface area contributed by atoms with E-state index in [0.29, 0.717) is 24.5 Å². The van der Waals surface area contributed by atoms with Gasteiger partial charge >= 0.3 is 0 Å². The fraction of sp³-hybridized carbons (Fsp3) is 0.414. The van der Waals surface area contributed by atoms with Gasteiger partial charge in [-0.2, -0.15) is 5.10 Å². The summed E-state index contributed by atoms with van der Waals surface area (Å²) in [7, 11) is 1.63. The van der Waals surface area contributed by atoms with Crippen molar-refractivity contribution in [1.29, 1.82) is 0 Å². The molecule has 7 heteroatoms. The number of hydrogen-bond donors (Lipinski definition) is 1. The van der Waals surface area contributed by atoms with Gasteiger partial charge in [0.05, 0.1) is 19.3 Å². The molecule has 5 rings (SSSR count). The molecule has 1 unspecified atom stereocenters. The van der Waals surface area contributed by atoms with Gasteiger partial charge in [-0.3, -0.25) is 14.3 Å². The molecule has 1 saturated carbocycles. The van der Waals surface area contributed by atoms with Crippen LogP contribution in [0.4, 0.5) is 0 Å². The Morgan fingerprint density at radius 2 is 1.75 bits per heavy atom. The maximum absolute atomic E-state index is 13.9. The molecule has 0 spiro atoms. The zero-order valence-electron chi connectivity index (χ0n) is 21.1. The van der Waals surface area contributed by atoms with Crippen LogP contribution in [0.3, 0.4) is 0 Å². The number of carbonyl (C=O) groups excluding carboxylic acids is 2. The summed E-state index contributed by atoms with van der Waals surface area (Å²) in [5.74, 6) is 0.470. The standard InChI is InChI=1S/C29H34N4O3/c1-29(28(35)30-23-12-8-3-4-9-13-23)20-33-26(27(34)32(29)19-21-10-6-5-7-11-21)18-25(31-33)22-14-16-24(36-2)17-15-22/h5-7,10-11,14-18,23H,3-4,8-9,12-13,19-20H2,1-2H3,(H,30,35). The van der Waals surface area contributed by atoms with Crippen LogP contribution in [-0.2, 0) is 17.9 Å². The monoisotopic (exact) mass is 486 g/mol. The summed E-state index contributed by atoms with van der Waals surface area (Å²) in [4.78, 5) is 29.5. The van der Waals surface area contributed by atoms with Crippen molar-refractivity contribution in [2.45, 2.75) is 70.1 Å². The number of hydrogen-bond acceptors (Lipinski definition) is 4. The molecule has 2 amide bonds. The minimum atomic E-state index is -1.06. The van der Waals surface area contributed by atoms with Gasteiger partial charge in [-0.25, -0.2) is 0 Å². The molecular formula is C29H34N4O3. The van der Waals surface area contributed by atoms with Crippen molar-refractivity contribution in [3.8, 4) is 17.0 Å². The fourth-order valence-corrected chi connectivity index (χ4v) is 5.32. The molecule has 1 aliphatic carbocycles. The molecule has 2 heterocycles. The molecule has 3 aromatic rings. The van der Waals surface area contributed by atoms with Crippen molar-refractivity contribution in [2.75, 3.05) is 7.11 Å². The zero-order chi connectivity index (χ0) is 25.1. The Hall–Kier alpha value is -3.61. The van der Waals surface area contributed by atoms with Gasteiger partial charge in [0.15, 0.2) is 0 Å². The van der Waals surface area contributed by atoms with Crippen molar-refractivity contribution >= 4 is 11.8 Å². The lowest BCUT2D eigenvalue weighted by Gasteiger charge is -2.44. The average Bonchev–Trinajstić information content (AvgIpc) is 3.15. The van der Waals surface area contributed by atoms with E-state index in [9.17, 15) is 9.59 Å². The normalized spacial score (nSPS) is 20.5. The second kappa shape index (κ2) is 10.2. The van der Waals surface area contributed by atoms with Crippen LogP contribution in [0.25, 0.3) is 11.3 Å². The van der Waals surface area contributed by atoms with Crippen LogP contribution in [0, 0.1) is 0 Å². The van der Waals surface area contributed by atoms with Gasteiger partial charge in [0.25, 0.3) is 5.91 Å². The molecular weight excluding hydrogens is 452 g/mol. The number of aromatic nitrogens is 2. The molecule has 2 aromatic carbocycles. The van der Waals surface area contributed by atoms with Gasteiger partial charge in [0.1, 0.15) is 17.0 Å². The predicted molar refractivity (Wildman–Crippen MR) is 139 cm³/mol. The van der Waals surface area contributed by atoms with Crippen LogP contribution in [0.2, 0.25) is 0 Å². The van der Waals surface area contributed by atoms with E-state index in [1.807, 2.05) is 67.6 Å². The third-order valence-electron chi connectivity index (χ3n) is 7.55. The molecule has 7 nitrogen and oxygen atoms in total. The highest BCUT2D eigenvalue weighted by Crippen LogP contribution is 2.32. The number of benzene rings is 2. The molecule has 2 aliphatic rings. The summed E-state index contributed by atoms with van der Waals surface area (Å²) < 4.78 is 6.97. The van der Waals surface area contributed by atoms with E-state index in [2.05, 4.69) is 5.32 Å². The van der Waals surface area contributed by atoms with Gasteiger partial charge in [-0.05, 0) is 55.7 Å². The molecule has 1 aliphatic heterocycles. The van der Waals surface area contributed by atoms with Crippen molar-refractivity contribution in [3.63, 3.8) is 0 Å².